The van der Waals surface area contributed by atoms with Crippen LogP contribution in [-0.4, -0.2) is 26.6 Å². The third kappa shape index (κ3) is 3.15. The highest BCUT2D eigenvalue weighted by Crippen LogP contribution is 2.10. The van der Waals surface area contributed by atoms with Crippen molar-refractivity contribution in [2.75, 3.05) is 5.32 Å². The van der Waals surface area contributed by atoms with Crippen LogP contribution in [0.25, 0.3) is 0 Å². The fourth-order valence-corrected chi connectivity index (χ4v) is 1.56. The van der Waals surface area contributed by atoms with Crippen molar-refractivity contribution in [2.45, 2.75) is 32.4 Å². The first kappa shape index (κ1) is 9.41. The van der Waals surface area contributed by atoms with Crippen LogP contribution in [-0.2, 0) is 0 Å². The van der Waals surface area contributed by atoms with E-state index in [1.165, 1.54) is 17.9 Å². The van der Waals surface area contributed by atoms with E-state index < -0.39 is 0 Å². The van der Waals surface area contributed by atoms with Gasteiger partial charge in [0.1, 0.15) is 6.33 Å². The maximum Gasteiger partial charge on any atom is 0.202 e. The van der Waals surface area contributed by atoms with Crippen LogP contribution in [0.4, 0.5) is 5.13 Å². The molecule has 0 aliphatic carbocycles. The van der Waals surface area contributed by atoms with Gasteiger partial charge in [0.05, 0.1) is 6.10 Å². The number of rotatable bonds is 4. The second-order valence-corrected chi connectivity index (χ2v) is 3.66. The Morgan fingerprint density at radius 1 is 1.67 bits per heavy atom. The van der Waals surface area contributed by atoms with E-state index in [-0.39, 0.29) is 12.1 Å². The lowest BCUT2D eigenvalue weighted by atomic mass is 10.2. The van der Waals surface area contributed by atoms with Crippen LogP contribution >= 0.6 is 11.5 Å². The van der Waals surface area contributed by atoms with Gasteiger partial charge in [0.25, 0.3) is 0 Å². The summed E-state index contributed by atoms with van der Waals surface area (Å²) < 4.78 is 3.86. The van der Waals surface area contributed by atoms with Crippen molar-refractivity contribution in [1.29, 1.82) is 0 Å². The standard InChI is InChI=1S/C7H13N3OS/c1-5(3-6(2)11)10-7-8-4-9-12-7/h4-6,11H,3H2,1-2H3,(H,8,9,10). The number of hydrogen-bond acceptors (Lipinski definition) is 5. The number of aliphatic hydroxyl groups excluding tert-OH is 1. The van der Waals surface area contributed by atoms with Gasteiger partial charge in [-0.25, -0.2) is 4.98 Å². The average Bonchev–Trinajstić information content (AvgIpc) is 2.37. The van der Waals surface area contributed by atoms with Gasteiger partial charge in [-0.1, -0.05) is 0 Å². The molecule has 0 bridgehead atoms. The van der Waals surface area contributed by atoms with Gasteiger partial charge in [-0.3, -0.25) is 0 Å². The van der Waals surface area contributed by atoms with E-state index in [0.29, 0.717) is 0 Å². The molecule has 2 unspecified atom stereocenters. The highest BCUT2D eigenvalue weighted by molar-refractivity contribution is 7.09. The Hall–Kier alpha value is -0.680. The van der Waals surface area contributed by atoms with E-state index in [4.69, 9.17) is 5.11 Å². The molecule has 0 saturated carbocycles. The molecular formula is C7H13N3OS. The van der Waals surface area contributed by atoms with Crippen LogP contribution < -0.4 is 5.32 Å². The predicted molar refractivity (Wildman–Crippen MR) is 49.3 cm³/mol. The second kappa shape index (κ2) is 4.37. The fourth-order valence-electron chi connectivity index (χ4n) is 1.02. The van der Waals surface area contributed by atoms with E-state index in [2.05, 4.69) is 14.7 Å². The molecule has 5 heteroatoms. The first-order valence-corrected chi connectivity index (χ1v) is 4.67. The van der Waals surface area contributed by atoms with E-state index in [1.54, 1.807) is 6.92 Å². The molecule has 1 rings (SSSR count). The van der Waals surface area contributed by atoms with Crippen molar-refractivity contribution >= 4 is 16.7 Å². The summed E-state index contributed by atoms with van der Waals surface area (Å²) >= 11 is 1.32. The average molecular weight is 187 g/mol. The van der Waals surface area contributed by atoms with Crippen LogP contribution in [0.15, 0.2) is 6.33 Å². The van der Waals surface area contributed by atoms with E-state index in [9.17, 15) is 0 Å². The summed E-state index contributed by atoms with van der Waals surface area (Å²) in [5, 5.41) is 13.0. The van der Waals surface area contributed by atoms with Crippen molar-refractivity contribution in [3.63, 3.8) is 0 Å². The minimum absolute atomic E-state index is 0.234. The summed E-state index contributed by atoms with van der Waals surface area (Å²) in [7, 11) is 0. The largest absolute Gasteiger partial charge is 0.393 e. The van der Waals surface area contributed by atoms with Crippen LogP contribution in [0.1, 0.15) is 20.3 Å². The highest BCUT2D eigenvalue weighted by Gasteiger charge is 2.06. The van der Waals surface area contributed by atoms with Crippen molar-refractivity contribution < 1.29 is 5.11 Å². The lowest BCUT2D eigenvalue weighted by Crippen LogP contribution is -2.20. The van der Waals surface area contributed by atoms with E-state index in [1.807, 2.05) is 6.92 Å². The Bertz CT molecular complexity index is 212. The maximum atomic E-state index is 9.08. The van der Waals surface area contributed by atoms with Crippen LogP contribution in [0.5, 0.6) is 0 Å². The minimum atomic E-state index is -0.277. The van der Waals surface area contributed by atoms with Crippen molar-refractivity contribution in [3.8, 4) is 0 Å². The Kier molecular flexibility index (Phi) is 3.43. The molecule has 2 N–H and O–H groups in total. The fraction of sp³-hybridized carbons (Fsp3) is 0.714. The van der Waals surface area contributed by atoms with Gasteiger partial charge < -0.3 is 10.4 Å². The first-order chi connectivity index (χ1) is 5.68. The van der Waals surface area contributed by atoms with Crippen molar-refractivity contribution in [2.24, 2.45) is 0 Å². The maximum absolute atomic E-state index is 9.08. The lowest BCUT2D eigenvalue weighted by molar-refractivity contribution is 0.179. The monoisotopic (exact) mass is 187 g/mol. The first-order valence-electron chi connectivity index (χ1n) is 3.89. The zero-order valence-corrected chi connectivity index (χ0v) is 8.01. The van der Waals surface area contributed by atoms with Gasteiger partial charge >= 0.3 is 0 Å². The number of aliphatic hydroxyl groups is 1. The smallest absolute Gasteiger partial charge is 0.202 e. The number of nitrogens with one attached hydrogen (secondary N) is 1. The molecule has 4 nitrogen and oxygen atoms in total. The Balaban J connectivity index is 2.32. The zero-order chi connectivity index (χ0) is 8.97. The van der Waals surface area contributed by atoms with E-state index in [0.717, 1.165) is 11.6 Å². The molecule has 0 radical (unpaired) electrons. The summed E-state index contributed by atoms with van der Waals surface area (Å²) in [5.74, 6) is 0. The van der Waals surface area contributed by atoms with Crippen molar-refractivity contribution in [1.82, 2.24) is 9.36 Å². The molecule has 0 aromatic carbocycles. The molecule has 12 heavy (non-hydrogen) atoms. The SMILES string of the molecule is CC(O)CC(C)Nc1ncns1. The highest BCUT2D eigenvalue weighted by atomic mass is 32.1. The molecule has 0 aliphatic heterocycles. The van der Waals surface area contributed by atoms with Gasteiger partial charge in [0.15, 0.2) is 0 Å². The zero-order valence-electron chi connectivity index (χ0n) is 7.19. The molecule has 68 valence electrons. The van der Waals surface area contributed by atoms with Crippen LogP contribution in [0.2, 0.25) is 0 Å². The molecule has 0 spiro atoms. The molecule has 0 aliphatic rings. The molecule has 1 aromatic heterocycles. The number of hydrogen-bond donors (Lipinski definition) is 2. The number of nitrogens with zero attached hydrogens (tertiary/aromatic N) is 2. The Morgan fingerprint density at radius 3 is 2.92 bits per heavy atom. The summed E-state index contributed by atoms with van der Waals surface area (Å²) in [6, 6.07) is 0.234. The third-order valence-electron chi connectivity index (χ3n) is 1.43. The van der Waals surface area contributed by atoms with E-state index >= 15 is 0 Å². The lowest BCUT2D eigenvalue weighted by Gasteiger charge is -2.13. The van der Waals surface area contributed by atoms with Crippen LogP contribution in [0.3, 0.4) is 0 Å². The Morgan fingerprint density at radius 2 is 2.42 bits per heavy atom. The molecule has 0 saturated heterocycles. The minimum Gasteiger partial charge on any atom is -0.393 e. The molecule has 1 aromatic rings. The van der Waals surface area contributed by atoms with Gasteiger partial charge in [0.2, 0.25) is 5.13 Å². The quantitative estimate of drug-likeness (QED) is 0.741. The summed E-state index contributed by atoms with van der Waals surface area (Å²) in [5.41, 5.74) is 0. The molecular weight excluding hydrogens is 174 g/mol. The summed E-state index contributed by atoms with van der Waals surface area (Å²) in [6.07, 6.45) is 1.96. The normalized spacial score (nSPS) is 15.6. The van der Waals surface area contributed by atoms with Crippen molar-refractivity contribution in [3.05, 3.63) is 6.33 Å². The van der Waals surface area contributed by atoms with Crippen LogP contribution in [0, 0.1) is 0 Å². The summed E-state index contributed by atoms with van der Waals surface area (Å²) in [4.78, 5) is 3.98. The third-order valence-corrected chi connectivity index (χ3v) is 2.02. The van der Waals surface area contributed by atoms with Gasteiger partial charge in [-0.05, 0) is 20.3 Å². The van der Waals surface area contributed by atoms with Gasteiger partial charge in [0, 0.05) is 17.6 Å². The molecule has 0 fully saturated rings. The Labute approximate surface area is 75.8 Å². The van der Waals surface area contributed by atoms with Gasteiger partial charge in [-0.15, -0.1) is 0 Å². The number of aromatic nitrogens is 2. The molecule has 2 atom stereocenters. The summed E-state index contributed by atoms with van der Waals surface area (Å²) in [6.45, 7) is 3.78. The second-order valence-electron chi connectivity index (χ2n) is 2.88. The molecule has 0 amide bonds. The number of anilines is 1. The molecule has 1 heterocycles. The van der Waals surface area contributed by atoms with Gasteiger partial charge in [-0.2, -0.15) is 4.37 Å². The predicted octanol–water partition coefficient (Wildman–Crippen LogP) is 1.11. The topological polar surface area (TPSA) is 58.0 Å².